The lowest BCUT2D eigenvalue weighted by Crippen LogP contribution is -2.31. The number of aromatic nitrogens is 2. The highest BCUT2D eigenvalue weighted by molar-refractivity contribution is 5.59. The highest BCUT2D eigenvalue weighted by Gasteiger charge is 2.21. The normalized spacial score (nSPS) is 13.0. The lowest BCUT2D eigenvalue weighted by atomic mass is 9.99. The van der Waals surface area contributed by atoms with Crippen LogP contribution in [-0.4, -0.2) is 30.7 Å². The SMILES string of the molecule is COc1cc2c(cc1OC)CN(c1nccc(Nc3ccc(C)c(C)c3)n1)CC2. The van der Waals surface area contributed by atoms with Gasteiger partial charge in [-0.3, -0.25) is 0 Å². The van der Waals surface area contributed by atoms with E-state index in [9.17, 15) is 0 Å². The van der Waals surface area contributed by atoms with E-state index in [1.807, 2.05) is 6.07 Å². The number of ether oxygens (including phenoxy) is 2. The molecule has 1 aromatic heterocycles. The van der Waals surface area contributed by atoms with Gasteiger partial charge in [0, 0.05) is 25.0 Å². The molecule has 0 saturated carbocycles. The van der Waals surface area contributed by atoms with E-state index < -0.39 is 0 Å². The molecule has 29 heavy (non-hydrogen) atoms. The fraction of sp³-hybridized carbons (Fsp3) is 0.304. The van der Waals surface area contributed by atoms with Crippen LogP contribution >= 0.6 is 0 Å². The highest BCUT2D eigenvalue weighted by atomic mass is 16.5. The third-order valence-corrected chi connectivity index (χ3v) is 5.42. The third kappa shape index (κ3) is 3.97. The summed E-state index contributed by atoms with van der Waals surface area (Å²) < 4.78 is 10.9. The summed E-state index contributed by atoms with van der Waals surface area (Å²) in [4.78, 5) is 11.4. The molecule has 0 unspecified atom stereocenters. The molecule has 0 aliphatic carbocycles. The zero-order valence-corrected chi connectivity index (χ0v) is 17.3. The number of fused-ring (bicyclic) bond motifs is 1. The van der Waals surface area contributed by atoms with Crippen molar-refractivity contribution in [3.63, 3.8) is 0 Å². The van der Waals surface area contributed by atoms with Gasteiger partial charge in [-0.05, 0) is 72.9 Å². The first-order chi connectivity index (χ1) is 14.1. The van der Waals surface area contributed by atoms with Crippen LogP contribution in [0.1, 0.15) is 22.3 Å². The van der Waals surface area contributed by atoms with E-state index in [2.05, 4.69) is 59.4 Å². The molecule has 0 bridgehead atoms. The maximum atomic E-state index is 5.46. The summed E-state index contributed by atoms with van der Waals surface area (Å²) in [6.45, 7) is 5.82. The summed E-state index contributed by atoms with van der Waals surface area (Å²) >= 11 is 0. The van der Waals surface area contributed by atoms with Crippen molar-refractivity contribution in [2.24, 2.45) is 0 Å². The van der Waals surface area contributed by atoms with Gasteiger partial charge in [0.15, 0.2) is 11.5 Å². The Bertz CT molecular complexity index is 1040. The Morgan fingerprint density at radius 3 is 2.41 bits per heavy atom. The fourth-order valence-electron chi connectivity index (χ4n) is 3.59. The van der Waals surface area contributed by atoms with Crippen LogP contribution in [0.25, 0.3) is 0 Å². The number of methoxy groups -OCH3 is 2. The van der Waals surface area contributed by atoms with Crippen LogP contribution in [-0.2, 0) is 13.0 Å². The highest BCUT2D eigenvalue weighted by Crippen LogP contribution is 2.34. The van der Waals surface area contributed by atoms with Crippen LogP contribution < -0.4 is 19.7 Å². The topological polar surface area (TPSA) is 59.5 Å². The van der Waals surface area contributed by atoms with E-state index in [0.717, 1.165) is 48.5 Å². The maximum Gasteiger partial charge on any atom is 0.227 e. The molecule has 2 aromatic carbocycles. The van der Waals surface area contributed by atoms with E-state index >= 15 is 0 Å². The number of hydrogen-bond donors (Lipinski definition) is 1. The van der Waals surface area contributed by atoms with Gasteiger partial charge in [-0.1, -0.05) is 6.07 Å². The summed E-state index contributed by atoms with van der Waals surface area (Å²) in [7, 11) is 3.33. The minimum atomic E-state index is 0.722. The molecule has 1 aliphatic heterocycles. The molecule has 0 amide bonds. The first kappa shape index (κ1) is 19.1. The molecule has 0 fully saturated rings. The lowest BCUT2D eigenvalue weighted by Gasteiger charge is -2.29. The second kappa shape index (κ2) is 7.99. The van der Waals surface area contributed by atoms with Crippen LogP contribution in [0.2, 0.25) is 0 Å². The molecule has 1 N–H and O–H groups in total. The van der Waals surface area contributed by atoms with Crippen molar-refractivity contribution in [1.29, 1.82) is 0 Å². The number of nitrogens with zero attached hydrogens (tertiary/aromatic N) is 3. The van der Waals surface area contributed by atoms with Gasteiger partial charge in [0.25, 0.3) is 0 Å². The van der Waals surface area contributed by atoms with Gasteiger partial charge < -0.3 is 19.7 Å². The molecule has 0 radical (unpaired) electrons. The zero-order valence-electron chi connectivity index (χ0n) is 17.3. The molecule has 3 aromatic rings. The average Bonchev–Trinajstić information content (AvgIpc) is 2.75. The minimum Gasteiger partial charge on any atom is -0.493 e. The summed E-state index contributed by atoms with van der Waals surface area (Å²) in [5.41, 5.74) is 6.05. The predicted molar refractivity (Wildman–Crippen MR) is 116 cm³/mol. The third-order valence-electron chi connectivity index (χ3n) is 5.42. The Morgan fingerprint density at radius 2 is 1.69 bits per heavy atom. The molecule has 4 rings (SSSR count). The first-order valence-corrected chi connectivity index (χ1v) is 9.73. The number of anilines is 3. The molecule has 6 nitrogen and oxygen atoms in total. The molecular weight excluding hydrogens is 364 g/mol. The quantitative estimate of drug-likeness (QED) is 0.696. The van der Waals surface area contributed by atoms with Gasteiger partial charge in [-0.25, -0.2) is 4.98 Å². The van der Waals surface area contributed by atoms with E-state index in [1.165, 1.54) is 22.3 Å². The number of hydrogen-bond acceptors (Lipinski definition) is 6. The van der Waals surface area contributed by atoms with E-state index in [4.69, 9.17) is 14.5 Å². The van der Waals surface area contributed by atoms with Gasteiger partial charge in [-0.15, -0.1) is 0 Å². The molecule has 0 spiro atoms. The number of rotatable bonds is 5. The first-order valence-electron chi connectivity index (χ1n) is 9.73. The van der Waals surface area contributed by atoms with Crippen molar-refractivity contribution < 1.29 is 9.47 Å². The molecule has 0 atom stereocenters. The smallest absolute Gasteiger partial charge is 0.227 e. The van der Waals surface area contributed by atoms with Crippen molar-refractivity contribution in [3.05, 3.63) is 64.8 Å². The van der Waals surface area contributed by atoms with Crippen molar-refractivity contribution in [1.82, 2.24) is 9.97 Å². The van der Waals surface area contributed by atoms with Gasteiger partial charge in [0.2, 0.25) is 5.95 Å². The fourth-order valence-corrected chi connectivity index (χ4v) is 3.59. The summed E-state index contributed by atoms with van der Waals surface area (Å²) in [5, 5.41) is 3.39. The van der Waals surface area contributed by atoms with Crippen molar-refractivity contribution >= 4 is 17.5 Å². The standard InChI is InChI=1S/C23H26N4O2/c1-15-5-6-19(11-16(15)2)25-22-7-9-24-23(26-22)27-10-8-17-12-20(28-3)21(29-4)13-18(17)14-27/h5-7,9,11-13H,8,10,14H2,1-4H3,(H,24,25,26). The second-order valence-corrected chi connectivity index (χ2v) is 7.31. The van der Waals surface area contributed by atoms with E-state index in [0.29, 0.717) is 0 Å². The van der Waals surface area contributed by atoms with Crippen LogP contribution in [0.15, 0.2) is 42.6 Å². The Balaban J connectivity index is 1.55. The Morgan fingerprint density at radius 1 is 0.931 bits per heavy atom. The number of nitrogens with one attached hydrogen (secondary N) is 1. The molecule has 2 heterocycles. The molecule has 0 saturated heterocycles. The molecular formula is C23H26N4O2. The summed E-state index contributed by atoms with van der Waals surface area (Å²) in [6.07, 6.45) is 2.71. The predicted octanol–water partition coefficient (Wildman–Crippen LogP) is 4.42. The van der Waals surface area contributed by atoms with Crippen LogP contribution in [0.3, 0.4) is 0 Å². The second-order valence-electron chi connectivity index (χ2n) is 7.31. The van der Waals surface area contributed by atoms with Crippen LogP contribution in [0.4, 0.5) is 17.5 Å². The largest absolute Gasteiger partial charge is 0.493 e. The van der Waals surface area contributed by atoms with Crippen molar-refractivity contribution in [2.75, 3.05) is 31.0 Å². The number of benzene rings is 2. The maximum absolute atomic E-state index is 5.46. The lowest BCUT2D eigenvalue weighted by molar-refractivity contribution is 0.353. The van der Waals surface area contributed by atoms with Gasteiger partial charge in [0.1, 0.15) is 5.82 Å². The molecule has 1 aliphatic rings. The van der Waals surface area contributed by atoms with Gasteiger partial charge in [0.05, 0.1) is 14.2 Å². The molecule has 6 heteroatoms. The van der Waals surface area contributed by atoms with Crippen LogP contribution in [0.5, 0.6) is 11.5 Å². The van der Waals surface area contributed by atoms with Gasteiger partial charge in [-0.2, -0.15) is 4.98 Å². The molecule has 150 valence electrons. The Labute approximate surface area is 171 Å². The zero-order chi connectivity index (χ0) is 20.4. The Kier molecular flexibility index (Phi) is 5.25. The van der Waals surface area contributed by atoms with Crippen molar-refractivity contribution in [3.8, 4) is 11.5 Å². The monoisotopic (exact) mass is 390 g/mol. The van der Waals surface area contributed by atoms with Crippen molar-refractivity contribution in [2.45, 2.75) is 26.8 Å². The minimum absolute atomic E-state index is 0.722. The van der Waals surface area contributed by atoms with Gasteiger partial charge >= 0.3 is 0 Å². The van der Waals surface area contributed by atoms with Crippen LogP contribution in [0, 0.1) is 13.8 Å². The van der Waals surface area contributed by atoms with E-state index in [-0.39, 0.29) is 0 Å². The number of aryl methyl sites for hydroxylation is 2. The average molecular weight is 390 g/mol. The Hall–Kier alpha value is -3.28. The summed E-state index contributed by atoms with van der Waals surface area (Å²) in [5.74, 6) is 3.03. The van der Waals surface area contributed by atoms with E-state index in [1.54, 1.807) is 20.4 Å². The summed E-state index contributed by atoms with van der Waals surface area (Å²) in [6, 6.07) is 12.3.